The molecule has 0 amide bonds. The molecule has 0 aliphatic carbocycles. The molecule has 0 atom stereocenters. The van der Waals surface area contributed by atoms with Gasteiger partial charge < -0.3 is 14.3 Å². The molecular formula is C14H9F2NO3. The molecule has 1 heterocycles. The van der Waals surface area contributed by atoms with E-state index < -0.39 is 11.6 Å². The Morgan fingerprint density at radius 2 is 2.00 bits per heavy atom. The lowest BCUT2D eigenvalue weighted by Crippen LogP contribution is -1.86. The number of benzene rings is 2. The van der Waals surface area contributed by atoms with Gasteiger partial charge in [-0.3, -0.25) is 0 Å². The van der Waals surface area contributed by atoms with Crippen LogP contribution >= 0.6 is 0 Å². The second kappa shape index (κ2) is 4.48. The van der Waals surface area contributed by atoms with Crippen LogP contribution in [0.5, 0.6) is 11.5 Å². The second-order valence-electron chi connectivity index (χ2n) is 4.14. The average Bonchev–Trinajstić information content (AvgIpc) is 2.85. The number of nitrogens with zero attached hydrogens (tertiary/aromatic N) is 1. The second-order valence-corrected chi connectivity index (χ2v) is 4.14. The monoisotopic (exact) mass is 277 g/mol. The van der Waals surface area contributed by atoms with Crippen LogP contribution in [-0.4, -0.2) is 17.2 Å². The van der Waals surface area contributed by atoms with Crippen molar-refractivity contribution in [3.63, 3.8) is 0 Å². The molecule has 0 aliphatic rings. The van der Waals surface area contributed by atoms with E-state index in [0.29, 0.717) is 5.75 Å². The molecule has 0 unspecified atom stereocenters. The zero-order valence-electron chi connectivity index (χ0n) is 10.4. The van der Waals surface area contributed by atoms with Gasteiger partial charge in [0.1, 0.15) is 23.1 Å². The van der Waals surface area contributed by atoms with Crippen molar-refractivity contribution < 1.29 is 23.0 Å². The van der Waals surface area contributed by atoms with Crippen molar-refractivity contribution >= 4 is 11.1 Å². The average molecular weight is 277 g/mol. The van der Waals surface area contributed by atoms with E-state index in [-0.39, 0.29) is 28.3 Å². The lowest BCUT2D eigenvalue weighted by atomic mass is 10.2. The predicted molar refractivity (Wildman–Crippen MR) is 67.6 cm³/mol. The van der Waals surface area contributed by atoms with Crippen LogP contribution in [-0.2, 0) is 0 Å². The molecule has 1 aromatic heterocycles. The first-order valence-corrected chi connectivity index (χ1v) is 5.71. The van der Waals surface area contributed by atoms with Gasteiger partial charge in [-0.05, 0) is 18.2 Å². The van der Waals surface area contributed by atoms with Crippen molar-refractivity contribution in [3.05, 3.63) is 42.0 Å². The summed E-state index contributed by atoms with van der Waals surface area (Å²) in [6.45, 7) is 0. The van der Waals surface area contributed by atoms with Crippen LogP contribution in [0, 0.1) is 11.6 Å². The smallest absolute Gasteiger partial charge is 0.230 e. The molecule has 4 nitrogen and oxygen atoms in total. The van der Waals surface area contributed by atoms with Crippen molar-refractivity contribution in [1.29, 1.82) is 0 Å². The molecule has 0 radical (unpaired) electrons. The molecule has 0 bridgehead atoms. The predicted octanol–water partition coefficient (Wildman–Crippen LogP) is 3.49. The quantitative estimate of drug-likeness (QED) is 0.779. The minimum Gasteiger partial charge on any atom is -0.505 e. The molecular weight excluding hydrogens is 268 g/mol. The first kappa shape index (κ1) is 12.4. The number of hydrogen-bond acceptors (Lipinski definition) is 4. The number of rotatable bonds is 2. The summed E-state index contributed by atoms with van der Waals surface area (Å²) in [5, 5.41) is 9.80. The van der Waals surface area contributed by atoms with Crippen molar-refractivity contribution in [3.8, 4) is 23.0 Å². The van der Waals surface area contributed by atoms with E-state index in [1.54, 1.807) is 0 Å². The third-order valence-corrected chi connectivity index (χ3v) is 2.84. The maximum absolute atomic E-state index is 13.7. The fourth-order valence-corrected chi connectivity index (χ4v) is 1.88. The highest BCUT2D eigenvalue weighted by atomic mass is 19.1. The van der Waals surface area contributed by atoms with Crippen LogP contribution in [0.3, 0.4) is 0 Å². The largest absolute Gasteiger partial charge is 0.505 e. The summed E-state index contributed by atoms with van der Waals surface area (Å²) >= 11 is 0. The Kier molecular flexibility index (Phi) is 2.78. The molecule has 0 aliphatic heterocycles. The van der Waals surface area contributed by atoms with Gasteiger partial charge in [0, 0.05) is 12.1 Å². The van der Waals surface area contributed by atoms with E-state index in [1.807, 2.05) is 0 Å². The van der Waals surface area contributed by atoms with Gasteiger partial charge in [-0.1, -0.05) is 0 Å². The Balaban J connectivity index is 2.22. The van der Waals surface area contributed by atoms with Crippen molar-refractivity contribution in [2.45, 2.75) is 0 Å². The van der Waals surface area contributed by atoms with E-state index in [9.17, 15) is 13.9 Å². The van der Waals surface area contributed by atoms with Crippen LogP contribution in [0.1, 0.15) is 0 Å². The number of oxazole rings is 1. The number of ether oxygens (including phenoxy) is 1. The van der Waals surface area contributed by atoms with Gasteiger partial charge in [-0.2, -0.15) is 0 Å². The van der Waals surface area contributed by atoms with Gasteiger partial charge in [-0.25, -0.2) is 13.8 Å². The van der Waals surface area contributed by atoms with E-state index >= 15 is 0 Å². The molecule has 102 valence electrons. The van der Waals surface area contributed by atoms with E-state index in [0.717, 1.165) is 18.2 Å². The van der Waals surface area contributed by atoms with Crippen LogP contribution in [0.25, 0.3) is 22.6 Å². The lowest BCUT2D eigenvalue weighted by Gasteiger charge is -1.99. The van der Waals surface area contributed by atoms with Crippen LogP contribution in [0.4, 0.5) is 8.78 Å². The number of halogens is 2. The van der Waals surface area contributed by atoms with Crippen LogP contribution < -0.4 is 4.74 Å². The molecule has 0 spiro atoms. The molecule has 3 aromatic rings. The zero-order valence-corrected chi connectivity index (χ0v) is 10.4. The molecule has 2 aromatic carbocycles. The molecule has 0 fully saturated rings. The Morgan fingerprint density at radius 1 is 1.20 bits per heavy atom. The molecule has 3 rings (SSSR count). The molecule has 20 heavy (non-hydrogen) atoms. The van der Waals surface area contributed by atoms with E-state index in [1.165, 1.54) is 19.2 Å². The van der Waals surface area contributed by atoms with Gasteiger partial charge in [0.05, 0.1) is 12.7 Å². The topological polar surface area (TPSA) is 55.5 Å². The number of phenolic OH excluding ortho intramolecular Hbond substituents is 1. The molecule has 0 saturated carbocycles. The summed E-state index contributed by atoms with van der Waals surface area (Å²) in [4.78, 5) is 3.98. The normalized spacial score (nSPS) is 10.9. The summed E-state index contributed by atoms with van der Waals surface area (Å²) < 4.78 is 37.2. The number of phenols is 1. The summed E-state index contributed by atoms with van der Waals surface area (Å²) in [6, 6.07) is 5.83. The summed E-state index contributed by atoms with van der Waals surface area (Å²) in [5.74, 6) is -1.17. The maximum Gasteiger partial charge on any atom is 0.230 e. The Labute approximate surface area is 112 Å². The zero-order chi connectivity index (χ0) is 14.3. The summed E-state index contributed by atoms with van der Waals surface area (Å²) in [5.41, 5.74) is 0.268. The van der Waals surface area contributed by atoms with Crippen molar-refractivity contribution in [2.75, 3.05) is 7.11 Å². The third kappa shape index (κ3) is 1.95. The first-order valence-electron chi connectivity index (χ1n) is 5.71. The fourth-order valence-electron chi connectivity index (χ4n) is 1.88. The number of aromatic hydroxyl groups is 1. The summed E-state index contributed by atoms with van der Waals surface area (Å²) in [7, 11) is 1.43. The standard InChI is InChI=1S/C14H9F2NO3/c1-19-8-5-11(18)13-12(6-8)20-14(17-13)9-4-7(15)2-3-10(9)16/h2-6,18H,1H3. The number of methoxy groups -OCH3 is 1. The fraction of sp³-hybridized carbons (Fsp3) is 0.0714. The lowest BCUT2D eigenvalue weighted by molar-refractivity contribution is 0.408. The van der Waals surface area contributed by atoms with Crippen LogP contribution in [0.15, 0.2) is 34.7 Å². The third-order valence-electron chi connectivity index (χ3n) is 2.84. The molecule has 6 heteroatoms. The van der Waals surface area contributed by atoms with Crippen LogP contribution in [0.2, 0.25) is 0 Å². The van der Waals surface area contributed by atoms with Gasteiger partial charge in [0.2, 0.25) is 5.89 Å². The highest BCUT2D eigenvalue weighted by Crippen LogP contribution is 2.34. The van der Waals surface area contributed by atoms with Crippen molar-refractivity contribution in [1.82, 2.24) is 4.98 Å². The molecule has 1 N–H and O–H groups in total. The highest BCUT2D eigenvalue weighted by Gasteiger charge is 2.16. The number of hydrogen-bond donors (Lipinski definition) is 1. The van der Waals surface area contributed by atoms with E-state index in [4.69, 9.17) is 9.15 Å². The minimum atomic E-state index is -0.663. The summed E-state index contributed by atoms with van der Waals surface area (Å²) in [6.07, 6.45) is 0. The Hall–Kier alpha value is -2.63. The van der Waals surface area contributed by atoms with Gasteiger partial charge >= 0.3 is 0 Å². The first-order chi connectivity index (χ1) is 9.58. The highest BCUT2D eigenvalue weighted by molar-refractivity contribution is 5.83. The molecule has 0 saturated heterocycles. The van der Waals surface area contributed by atoms with Gasteiger partial charge in [-0.15, -0.1) is 0 Å². The van der Waals surface area contributed by atoms with Gasteiger partial charge in [0.25, 0.3) is 0 Å². The maximum atomic E-state index is 13.7. The number of aromatic nitrogens is 1. The van der Waals surface area contributed by atoms with Gasteiger partial charge in [0.15, 0.2) is 11.1 Å². The Bertz CT molecular complexity index is 798. The Morgan fingerprint density at radius 3 is 2.75 bits per heavy atom. The number of fused-ring (bicyclic) bond motifs is 1. The SMILES string of the molecule is COc1cc(O)c2nc(-c3cc(F)ccc3F)oc2c1. The van der Waals surface area contributed by atoms with Crippen molar-refractivity contribution in [2.24, 2.45) is 0 Å². The van der Waals surface area contributed by atoms with E-state index in [2.05, 4.69) is 4.98 Å². The minimum absolute atomic E-state index is 0.111.